The van der Waals surface area contributed by atoms with Crippen molar-refractivity contribution in [2.24, 2.45) is 7.05 Å². The van der Waals surface area contributed by atoms with Gasteiger partial charge in [0.1, 0.15) is 17.4 Å². The average molecular weight is 339 g/mol. The van der Waals surface area contributed by atoms with Crippen molar-refractivity contribution in [1.82, 2.24) is 9.55 Å². The molecule has 2 aromatic carbocycles. The highest BCUT2D eigenvalue weighted by molar-refractivity contribution is 5.94. The highest BCUT2D eigenvalue weighted by atomic mass is 19.1. The van der Waals surface area contributed by atoms with E-state index in [1.165, 1.54) is 37.1 Å². The van der Waals surface area contributed by atoms with Crippen LogP contribution in [0.1, 0.15) is 24.6 Å². The quantitative estimate of drug-likeness (QED) is 0.773. The zero-order valence-corrected chi connectivity index (χ0v) is 13.8. The molecule has 4 rings (SSSR count). The van der Waals surface area contributed by atoms with Crippen LogP contribution in [0, 0.1) is 5.82 Å². The van der Waals surface area contributed by atoms with Crippen molar-refractivity contribution in [3.05, 3.63) is 54.1 Å². The number of hydrogen-bond acceptors (Lipinski definition) is 3. The summed E-state index contributed by atoms with van der Waals surface area (Å²) in [5.41, 5.74) is 2.62. The molecule has 6 heteroatoms. The second-order valence-electron chi connectivity index (χ2n) is 6.30. The van der Waals surface area contributed by atoms with E-state index in [0.717, 1.165) is 16.9 Å². The summed E-state index contributed by atoms with van der Waals surface area (Å²) in [5, 5.41) is 2.80. The van der Waals surface area contributed by atoms with Crippen LogP contribution >= 0.6 is 0 Å². The molecule has 1 aliphatic carbocycles. The molecule has 0 radical (unpaired) electrons. The number of benzene rings is 2. The molecule has 1 N–H and O–H groups in total. The number of halogens is 1. The van der Waals surface area contributed by atoms with E-state index in [4.69, 9.17) is 4.74 Å². The van der Waals surface area contributed by atoms with Gasteiger partial charge in [-0.25, -0.2) is 9.37 Å². The van der Waals surface area contributed by atoms with Gasteiger partial charge in [-0.3, -0.25) is 4.79 Å². The first-order chi connectivity index (χ1) is 12.1. The van der Waals surface area contributed by atoms with Gasteiger partial charge in [-0.15, -0.1) is 0 Å². The van der Waals surface area contributed by atoms with Gasteiger partial charge < -0.3 is 14.6 Å². The van der Waals surface area contributed by atoms with Crippen LogP contribution in [0.15, 0.2) is 42.5 Å². The lowest BCUT2D eigenvalue weighted by molar-refractivity contribution is -0.118. The van der Waals surface area contributed by atoms with Crippen molar-refractivity contribution in [3.63, 3.8) is 0 Å². The Morgan fingerprint density at radius 3 is 2.76 bits per heavy atom. The minimum absolute atomic E-state index is 0.140. The van der Waals surface area contributed by atoms with Crippen molar-refractivity contribution < 1.29 is 13.9 Å². The summed E-state index contributed by atoms with van der Waals surface area (Å²) < 4.78 is 20.3. The Morgan fingerprint density at radius 2 is 2.04 bits per heavy atom. The van der Waals surface area contributed by atoms with E-state index in [2.05, 4.69) is 14.9 Å². The van der Waals surface area contributed by atoms with E-state index in [1.807, 2.05) is 25.2 Å². The molecule has 1 fully saturated rings. The first kappa shape index (κ1) is 15.6. The first-order valence-electron chi connectivity index (χ1n) is 8.25. The molecule has 1 aromatic heterocycles. The van der Waals surface area contributed by atoms with E-state index < -0.39 is 0 Å². The maximum Gasteiger partial charge on any atom is 0.262 e. The fourth-order valence-electron chi connectivity index (χ4n) is 2.88. The van der Waals surface area contributed by atoms with Gasteiger partial charge in [0.15, 0.2) is 6.61 Å². The maximum atomic E-state index is 12.8. The minimum atomic E-state index is -0.342. The second-order valence-corrected chi connectivity index (χ2v) is 6.30. The lowest BCUT2D eigenvalue weighted by Crippen LogP contribution is -2.20. The molecule has 5 nitrogen and oxygen atoms in total. The summed E-state index contributed by atoms with van der Waals surface area (Å²) in [6.45, 7) is -0.140. The highest BCUT2D eigenvalue weighted by Gasteiger charge is 2.28. The topological polar surface area (TPSA) is 56.2 Å². The summed E-state index contributed by atoms with van der Waals surface area (Å²) in [7, 11) is 2.03. The predicted octanol–water partition coefficient (Wildman–Crippen LogP) is 3.61. The number of aromatic nitrogens is 2. The molecule has 0 saturated heterocycles. The predicted molar refractivity (Wildman–Crippen MR) is 93.2 cm³/mol. The van der Waals surface area contributed by atoms with Gasteiger partial charge in [0.05, 0.1) is 11.0 Å². The Hall–Kier alpha value is -2.89. The third-order valence-electron chi connectivity index (χ3n) is 4.33. The van der Waals surface area contributed by atoms with Crippen LogP contribution in [0.25, 0.3) is 11.0 Å². The molecule has 0 unspecified atom stereocenters. The number of nitrogens with one attached hydrogen (secondary N) is 1. The lowest BCUT2D eigenvalue weighted by atomic mass is 10.2. The second kappa shape index (κ2) is 6.20. The fraction of sp³-hybridized carbons (Fsp3) is 0.263. The van der Waals surface area contributed by atoms with Crippen LogP contribution in [-0.4, -0.2) is 22.1 Å². The number of carbonyl (C=O) groups is 1. The Bertz CT molecular complexity index is 930. The number of rotatable bonds is 5. The van der Waals surface area contributed by atoms with Gasteiger partial charge in [-0.05, 0) is 55.3 Å². The van der Waals surface area contributed by atoms with E-state index in [0.29, 0.717) is 17.4 Å². The van der Waals surface area contributed by atoms with E-state index in [-0.39, 0.29) is 18.3 Å². The third kappa shape index (κ3) is 3.33. The Kier molecular flexibility index (Phi) is 3.87. The first-order valence-corrected chi connectivity index (χ1v) is 8.25. The van der Waals surface area contributed by atoms with Crippen LogP contribution in [-0.2, 0) is 11.8 Å². The van der Waals surface area contributed by atoms with Gasteiger partial charge in [0, 0.05) is 18.7 Å². The summed E-state index contributed by atoms with van der Waals surface area (Å²) >= 11 is 0. The smallest absolute Gasteiger partial charge is 0.262 e. The van der Waals surface area contributed by atoms with Gasteiger partial charge in [0.2, 0.25) is 0 Å². The monoisotopic (exact) mass is 339 g/mol. The normalized spacial score (nSPS) is 13.8. The third-order valence-corrected chi connectivity index (χ3v) is 4.33. The number of anilines is 1. The van der Waals surface area contributed by atoms with Gasteiger partial charge in [-0.2, -0.15) is 0 Å². The number of hydrogen-bond donors (Lipinski definition) is 1. The fourth-order valence-corrected chi connectivity index (χ4v) is 2.88. The summed E-state index contributed by atoms with van der Waals surface area (Å²) in [4.78, 5) is 16.7. The zero-order chi connectivity index (χ0) is 17.4. The van der Waals surface area contributed by atoms with Crippen molar-refractivity contribution in [3.8, 4) is 5.75 Å². The van der Waals surface area contributed by atoms with E-state index in [9.17, 15) is 9.18 Å². The molecule has 1 aliphatic rings. The van der Waals surface area contributed by atoms with Crippen LogP contribution < -0.4 is 10.1 Å². The number of ether oxygens (including phenoxy) is 1. The lowest BCUT2D eigenvalue weighted by Gasteiger charge is -2.07. The summed E-state index contributed by atoms with van der Waals surface area (Å²) in [5.74, 6) is 1.51. The average Bonchev–Trinajstić information content (AvgIpc) is 3.39. The summed E-state index contributed by atoms with van der Waals surface area (Å²) in [6, 6.07) is 11.3. The molecule has 0 spiro atoms. The SMILES string of the molecule is Cn1c(C2CC2)nc2cc(NC(=O)COc3ccc(F)cc3)ccc21. The van der Waals surface area contributed by atoms with Gasteiger partial charge in [-0.1, -0.05) is 0 Å². The number of fused-ring (bicyclic) bond motifs is 1. The molecule has 0 aliphatic heterocycles. The van der Waals surface area contributed by atoms with Crippen molar-refractivity contribution in [2.75, 3.05) is 11.9 Å². The Morgan fingerprint density at radius 1 is 1.28 bits per heavy atom. The van der Waals surface area contributed by atoms with Crippen LogP contribution in [0.2, 0.25) is 0 Å². The minimum Gasteiger partial charge on any atom is -0.484 e. The number of carbonyl (C=O) groups excluding carboxylic acids is 1. The molecule has 1 heterocycles. The van der Waals surface area contributed by atoms with Crippen LogP contribution in [0.4, 0.5) is 10.1 Å². The molecular formula is C19H18FN3O2. The number of amides is 1. The van der Waals surface area contributed by atoms with Crippen molar-refractivity contribution in [2.45, 2.75) is 18.8 Å². The molecule has 3 aromatic rings. The van der Waals surface area contributed by atoms with Crippen LogP contribution in [0.5, 0.6) is 5.75 Å². The molecule has 0 bridgehead atoms. The molecule has 128 valence electrons. The highest BCUT2D eigenvalue weighted by Crippen LogP contribution is 2.40. The van der Waals surface area contributed by atoms with Crippen LogP contribution in [0.3, 0.4) is 0 Å². The van der Waals surface area contributed by atoms with E-state index in [1.54, 1.807) is 0 Å². The largest absolute Gasteiger partial charge is 0.484 e. The number of aryl methyl sites for hydroxylation is 1. The number of nitrogens with zero attached hydrogens (tertiary/aromatic N) is 2. The summed E-state index contributed by atoms with van der Waals surface area (Å²) in [6.07, 6.45) is 2.39. The standard InChI is InChI=1S/C19H18FN3O2/c1-23-17-9-6-14(10-16(17)22-19(23)12-2-3-12)21-18(24)11-25-15-7-4-13(20)5-8-15/h4-10,12H,2-3,11H2,1H3,(H,21,24). The number of imidazole rings is 1. The van der Waals surface area contributed by atoms with Gasteiger partial charge >= 0.3 is 0 Å². The molecule has 25 heavy (non-hydrogen) atoms. The van der Waals surface area contributed by atoms with Gasteiger partial charge in [0.25, 0.3) is 5.91 Å². The molecule has 1 saturated carbocycles. The van der Waals surface area contributed by atoms with Crippen molar-refractivity contribution in [1.29, 1.82) is 0 Å². The Balaban J connectivity index is 1.43. The molecular weight excluding hydrogens is 321 g/mol. The van der Waals surface area contributed by atoms with E-state index >= 15 is 0 Å². The maximum absolute atomic E-state index is 12.8. The molecule has 0 atom stereocenters. The zero-order valence-electron chi connectivity index (χ0n) is 13.8. The molecule has 1 amide bonds. The van der Waals surface area contributed by atoms with Crippen molar-refractivity contribution >= 4 is 22.6 Å². The Labute approximate surface area is 144 Å².